The average molecular weight is 670 g/mol. The summed E-state index contributed by atoms with van der Waals surface area (Å²) >= 11 is 0. The van der Waals surface area contributed by atoms with Crippen LogP contribution in [-0.2, 0) is 27.1 Å². The minimum atomic E-state index is -0.136. The molecule has 2 heterocycles. The normalized spacial score (nSPS) is 18.0. The number of nitrogens with zero attached hydrogens (tertiary/aromatic N) is 1. The Balaban J connectivity index is 1.50. The number of hydrogen-bond acceptors (Lipinski definition) is 1. The summed E-state index contributed by atoms with van der Waals surface area (Å²) < 4.78 is 0. The van der Waals surface area contributed by atoms with E-state index in [1.54, 1.807) is 0 Å². The molecule has 2 heteroatoms. The molecule has 2 aliphatic heterocycles. The fraction of sp³-hybridized carbons (Fsp3) is 0.388. The van der Waals surface area contributed by atoms with Crippen LogP contribution in [0, 0.1) is 0 Å². The molecule has 0 spiro atoms. The van der Waals surface area contributed by atoms with Crippen molar-refractivity contribution in [1.29, 1.82) is 0 Å². The molecule has 5 aromatic rings. The van der Waals surface area contributed by atoms with E-state index in [2.05, 4.69) is 185 Å². The van der Waals surface area contributed by atoms with Crippen molar-refractivity contribution in [1.82, 2.24) is 0 Å². The standard InChI is InChI=1S/C49H56BN/c1-45(2,3)32-21-23-35-39(27-32)50-40-28-33(46(4,5)6)22-24-41(40)51(42-20-16-19-36(44(42)50)49(35,11)12)43-30-38-37(47(7,8)25-26-48(38,9)10)29-34(43)31-17-14-13-15-18-31/h13-24,27-30H,25-26H2,1-12H3. The molecule has 0 amide bonds. The number of fused-ring (bicyclic) bond motifs is 5. The third-order valence-electron chi connectivity index (χ3n) is 12.9. The molecule has 0 unspecified atom stereocenters. The molecular formula is C49H56BN. The van der Waals surface area contributed by atoms with Gasteiger partial charge in [0.1, 0.15) is 0 Å². The summed E-state index contributed by atoms with van der Waals surface area (Å²) in [7, 11) is 0. The van der Waals surface area contributed by atoms with Crippen LogP contribution in [0.5, 0.6) is 0 Å². The lowest BCUT2D eigenvalue weighted by Gasteiger charge is -2.47. The van der Waals surface area contributed by atoms with Gasteiger partial charge in [0.05, 0.1) is 5.69 Å². The fourth-order valence-corrected chi connectivity index (χ4v) is 9.54. The Labute approximate surface area is 308 Å². The first kappa shape index (κ1) is 34.1. The Morgan fingerprint density at radius 3 is 1.73 bits per heavy atom. The van der Waals surface area contributed by atoms with Gasteiger partial charge in [-0.3, -0.25) is 0 Å². The molecule has 1 nitrogen and oxygen atoms in total. The monoisotopic (exact) mass is 669 g/mol. The topological polar surface area (TPSA) is 3.24 Å². The Morgan fingerprint density at radius 2 is 1.10 bits per heavy atom. The first-order valence-corrected chi connectivity index (χ1v) is 19.3. The van der Waals surface area contributed by atoms with Gasteiger partial charge in [-0.25, -0.2) is 0 Å². The van der Waals surface area contributed by atoms with Gasteiger partial charge in [0, 0.05) is 22.4 Å². The third kappa shape index (κ3) is 5.18. The first-order valence-electron chi connectivity index (χ1n) is 19.3. The molecule has 51 heavy (non-hydrogen) atoms. The summed E-state index contributed by atoms with van der Waals surface area (Å²) in [4.78, 5) is 2.66. The molecule has 5 aromatic carbocycles. The minimum absolute atomic E-state index is 0.0281. The van der Waals surface area contributed by atoms with E-state index >= 15 is 0 Å². The van der Waals surface area contributed by atoms with E-state index in [1.807, 2.05) is 0 Å². The van der Waals surface area contributed by atoms with Gasteiger partial charge < -0.3 is 4.90 Å². The van der Waals surface area contributed by atoms with Crippen LogP contribution in [0.25, 0.3) is 11.1 Å². The van der Waals surface area contributed by atoms with Crippen molar-refractivity contribution in [3.8, 4) is 11.1 Å². The molecule has 0 N–H and O–H groups in total. The van der Waals surface area contributed by atoms with E-state index in [9.17, 15) is 0 Å². The van der Waals surface area contributed by atoms with Crippen LogP contribution >= 0.6 is 0 Å². The van der Waals surface area contributed by atoms with Crippen LogP contribution in [0.4, 0.5) is 17.1 Å². The van der Waals surface area contributed by atoms with Crippen LogP contribution in [0.1, 0.15) is 129 Å². The van der Waals surface area contributed by atoms with E-state index < -0.39 is 0 Å². The van der Waals surface area contributed by atoms with E-state index in [1.165, 1.54) is 90.8 Å². The molecule has 0 saturated carbocycles. The highest BCUT2D eigenvalue weighted by Gasteiger charge is 2.47. The molecule has 0 fully saturated rings. The SMILES string of the molecule is CC(C)(C)c1ccc2c(c1)B1c3cc(C(C)(C)C)ccc3C(C)(C)c3cccc(c31)N2c1cc2c(cc1-c1ccccc1)C(C)(C)CCC2(C)C. The predicted octanol–water partition coefficient (Wildman–Crippen LogP) is 11.2. The highest BCUT2D eigenvalue weighted by Crippen LogP contribution is 2.52. The lowest BCUT2D eigenvalue weighted by Crippen LogP contribution is -2.64. The molecule has 0 aromatic heterocycles. The maximum atomic E-state index is 2.66. The molecule has 0 atom stereocenters. The smallest absolute Gasteiger partial charge is 0.247 e. The fourth-order valence-electron chi connectivity index (χ4n) is 9.54. The summed E-state index contributed by atoms with van der Waals surface area (Å²) in [6, 6.07) is 38.2. The zero-order chi connectivity index (χ0) is 36.5. The predicted molar refractivity (Wildman–Crippen MR) is 222 cm³/mol. The van der Waals surface area contributed by atoms with Gasteiger partial charge in [0.15, 0.2) is 0 Å². The second-order valence-electron chi connectivity index (χ2n) is 19.8. The molecule has 0 bridgehead atoms. The van der Waals surface area contributed by atoms with Crippen LogP contribution in [0.3, 0.4) is 0 Å². The number of hydrogen-bond donors (Lipinski definition) is 0. The van der Waals surface area contributed by atoms with Crippen molar-refractivity contribution in [2.75, 3.05) is 4.90 Å². The Morgan fingerprint density at radius 1 is 0.510 bits per heavy atom. The molecular weight excluding hydrogens is 613 g/mol. The van der Waals surface area contributed by atoms with Gasteiger partial charge in [0.25, 0.3) is 0 Å². The Kier molecular flexibility index (Phi) is 7.34. The van der Waals surface area contributed by atoms with Gasteiger partial charge >= 0.3 is 0 Å². The quantitative estimate of drug-likeness (QED) is 0.166. The summed E-state index contributed by atoms with van der Waals surface area (Å²) in [5, 5.41) is 0. The first-order chi connectivity index (χ1) is 23.8. The Hall–Kier alpha value is -4.04. The van der Waals surface area contributed by atoms with Gasteiger partial charge in [-0.1, -0.05) is 161 Å². The second kappa shape index (κ2) is 11.0. The van der Waals surface area contributed by atoms with Crippen LogP contribution in [0.2, 0.25) is 0 Å². The number of rotatable bonds is 2. The summed E-state index contributed by atoms with van der Waals surface area (Å²) in [5.41, 5.74) is 19.7. The highest BCUT2D eigenvalue weighted by atomic mass is 15.2. The molecule has 0 saturated heterocycles. The molecule has 260 valence electrons. The minimum Gasteiger partial charge on any atom is -0.311 e. The van der Waals surface area contributed by atoms with E-state index in [-0.39, 0.29) is 33.8 Å². The van der Waals surface area contributed by atoms with Crippen molar-refractivity contribution in [2.45, 2.75) is 123 Å². The molecule has 8 rings (SSSR count). The summed E-state index contributed by atoms with van der Waals surface area (Å²) in [6.07, 6.45) is 2.38. The van der Waals surface area contributed by atoms with Crippen LogP contribution in [-0.4, -0.2) is 6.71 Å². The maximum absolute atomic E-state index is 2.66. The van der Waals surface area contributed by atoms with Crippen LogP contribution < -0.4 is 21.3 Å². The van der Waals surface area contributed by atoms with Crippen molar-refractivity contribution in [2.24, 2.45) is 0 Å². The zero-order valence-electron chi connectivity index (χ0n) is 33.2. The lowest BCUT2D eigenvalue weighted by molar-refractivity contribution is 0.332. The molecule has 3 aliphatic rings. The van der Waals surface area contributed by atoms with E-state index in [0.29, 0.717) is 0 Å². The van der Waals surface area contributed by atoms with Gasteiger partial charge in [0.2, 0.25) is 6.71 Å². The maximum Gasteiger partial charge on any atom is 0.247 e. The third-order valence-corrected chi connectivity index (χ3v) is 12.9. The number of anilines is 3. The molecule has 1 aliphatic carbocycles. The van der Waals surface area contributed by atoms with Crippen molar-refractivity contribution >= 4 is 40.2 Å². The number of benzene rings is 5. The second-order valence-corrected chi connectivity index (χ2v) is 19.8. The van der Waals surface area contributed by atoms with Crippen molar-refractivity contribution in [3.63, 3.8) is 0 Å². The lowest BCUT2D eigenvalue weighted by atomic mass is 9.30. The zero-order valence-corrected chi connectivity index (χ0v) is 33.2. The van der Waals surface area contributed by atoms with Crippen molar-refractivity contribution in [3.05, 3.63) is 130 Å². The highest BCUT2D eigenvalue weighted by molar-refractivity contribution is 6.99. The summed E-state index contributed by atoms with van der Waals surface area (Å²) in [6.45, 7) is 29.0. The van der Waals surface area contributed by atoms with Gasteiger partial charge in [-0.2, -0.15) is 0 Å². The average Bonchev–Trinajstić information content (AvgIpc) is 3.07. The van der Waals surface area contributed by atoms with Gasteiger partial charge in [-0.15, -0.1) is 0 Å². The van der Waals surface area contributed by atoms with E-state index in [4.69, 9.17) is 0 Å². The largest absolute Gasteiger partial charge is 0.311 e. The summed E-state index contributed by atoms with van der Waals surface area (Å²) in [5.74, 6) is 0. The van der Waals surface area contributed by atoms with Crippen LogP contribution in [0.15, 0.2) is 97.1 Å². The Bertz CT molecular complexity index is 2200. The molecule has 0 radical (unpaired) electrons. The van der Waals surface area contributed by atoms with Gasteiger partial charge in [-0.05, 0) is 109 Å². The van der Waals surface area contributed by atoms with E-state index in [0.717, 1.165) is 0 Å². The van der Waals surface area contributed by atoms with Crippen molar-refractivity contribution < 1.29 is 0 Å².